The van der Waals surface area contributed by atoms with Crippen LogP contribution in [0.1, 0.15) is 24.0 Å². The molecule has 1 unspecified atom stereocenters. The van der Waals surface area contributed by atoms with Gasteiger partial charge in [-0.05, 0) is 29.7 Å². The van der Waals surface area contributed by atoms with E-state index < -0.39 is 11.9 Å². The molecule has 27 heavy (non-hydrogen) atoms. The van der Waals surface area contributed by atoms with E-state index in [1.54, 1.807) is 6.92 Å². The molecule has 0 aliphatic carbocycles. The molecule has 0 saturated carbocycles. The molecule has 1 N–H and O–H groups in total. The Balaban J connectivity index is 1.88. The molecule has 3 aromatic carbocycles. The van der Waals surface area contributed by atoms with Gasteiger partial charge in [0.05, 0.1) is 5.92 Å². The van der Waals surface area contributed by atoms with Gasteiger partial charge in [0.1, 0.15) is 0 Å². The van der Waals surface area contributed by atoms with Crippen molar-refractivity contribution in [3.63, 3.8) is 0 Å². The van der Waals surface area contributed by atoms with Crippen LogP contribution in [0.2, 0.25) is 0 Å². The Morgan fingerprint density at radius 3 is 2.33 bits per heavy atom. The predicted molar refractivity (Wildman–Crippen MR) is 109 cm³/mol. The number of aromatic nitrogens is 1. The molecule has 3 heteroatoms. The molecule has 1 atom stereocenters. The van der Waals surface area contributed by atoms with Gasteiger partial charge in [-0.1, -0.05) is 72.8 Å². The SMILES string of the molecule is CC(C(=O)O)c1ccccc1-c1cn(Cc2ccccc2)c2ccccc12. The maximum atomic E-state index is 11.6. The molecule has 0 saturated heterocycles. The Morgan fingerprint density at radius 2 is 1.56 bits per heavy atom. The molecular weight excluding hydrogens is 334 g/mol. The van der Waals surface area contributed by atoms with Crippen molar-refractivity contribution < 1.29 is 9.90 Å². The number of rotatable bonds is 5. The van der Waals surface area contributed by atoms with Crippen molar-refractivity contribution in [2.75, 3.05) is 0 Å². The smallest absolute Gasteiger partial charge is 0.310 e. The van der Waals surface area contributed by atoms with Crippen LogP contribution in [-0.4, -0.2) is 15.6 Å². The minimum atomic E-state index is -0.810. The molecule has 0 amide bonds. The standard InChI is InChI=1S/C24H21NO2/c1-17(24(26)27)19-11-5-6-12-20(19)22-16-25(15-18-9-3-2-4-10-18)23-14-8-7-13-21(22)23/h2-14,16-17H,15H2,1H3,(H,26,27). The van der Waals surface area contributed by atoms with E-state index in [-0.39, 0.29) is 0 Å². The first-order valence-corrected chi connectivity index (χ1v) is 9.09. The van der Waals surface area contributed by atoms with Crippen molar-refractivity contribution in [1.82, 2.24) is 4.57 Å². The lowest BCUT2D eigenvalue weighted by Gasteiger charge is -2.12. The minimum absolute atomic E-state index is 0.558. The molecule has 0 aliphatic heterocycles. The van der Waals surface area contributed by atoms with Gasteiger partial charge in [0.15, 0.2) is 0 Å². The van der Waals surface area contributed by atoms with Gasteiger partial charge < -0.3 is 9.67 Å². The fourth-order valence-corrected chi connectivity index (χ4v) is 3.63. The number of nitrogens with zero attached hydrogens (tertiary/aromatic N) is 1. The van der Waals surface area contributed by atoms with Gasteiger partial charge in [-0.25, -0.2) is 0 Å². The van der Waals surface area contributed by atoms with Gasteiger partial charge in [-0.2, -0.15) is 0 Å². The van der Waals surface area contributed by atoms with E-state index in [9.17, 15) is 9.90 Å². The molecule has 1 heterocycles. The molecular formula is C24H21NO2. The maximum Gasteiger partial charge on any atom is 0.310 e. The van der Waals surface area contributed by atoms with E-state index in [1.807, 2.05) is 54.6 Å². The highest BCUT2D eigenvalue weighted by atomic mass is 16.4. The number of carboxylic acid groups (broad SMARTS) is 1. The van der Waals surface area contributed by atoms with Crippen LogP contribution in [-0.2, 0) is 11.3 Å². The van der Waals surface area contributed by atoms with Crippen LogP contribution in [0.3, 0.4) is 0 Å². The molecule has 3 nitrogen and oxygen atoms in total. The fourth-order valence-electron chi connectivity index (χ4n) is 3.63. The zero-order valence-corrected chi connectivity index (χ0v) is 15.2. The lowest BCUT2D eigenvalue weighted by Crippen LogP contribution is -2.08. The second-order valence-corrected chi connectivity index (χ2v) is 6.82. The molecule has 0 fully saturated rings. The fraction of sp³-hybridized carbons (Fsp3) is 0.125. The largest absolute Gasteiger partial charge is 0.481 e. The van der Waals surface area contributed by atoms with E-state index in [4.69, 9.17) is 0 Å². The Morgan fingerprint density at radius 1 is 0.889 bits per heavy atom. The van der Waals surface area contributed by atoms with Crippen molar-refractivity contribution in [3.8, 4) is 11.1 Å². The Labute approximate surface area is 158 Å². The van der Waals surface area contributed by atoms with Crippen LogP contribution >= 0.6 is 0 Å². The first kappa shape index (κ1) is 17.1. The Kier molecular flexibility index (Phi) is 4.51. The molecule has 134 valence electrons. The maximum absolute atomic E-state index is 11.6. The summed E-state index contributed by atoms with van der Waals surface area (Å²) < 4.78 is 2.24. The molecule has 0 radical (unpaired) electrons. The summed E-state index contributed by atoms with van der Waals surface area (Å²) in [6.07, 6.45) is 2.14. The summed E-state index contributed by atoms with van der Waals surface area (Å²) >= 11 is 0. The van der Waals surface area contributed by atoms with E-state index in [0.717, 1.165) is 34.1 Å². The van der Waals surface area contributed by atoms with Gasteiger partial charge in [-0.15, -0.1) is 0 Å². The first-order valence-electron chi connectivity index (χ1n) is 9.09. The van der Waals surface area contributed by atoms with Crippen LogP contribution in [0, 0.1) is 0 Å². The van der Waals surface area contributed by atoms with Gasteiger partial charge in [-0.3, -0.25) is 4.79 Å². The second-order valence-electron chi connectivity index (χ2n) is 6.82. The summed E-state index contributed by atoms with van der Waals surface area (Å²) in [5, 5.41) is 10.7. The number of fused-ring (bicyclic) bond motifs is 1. The zero-order chi connectivity index (χ0) is 18.8. The third-order valence-electron chi connectivity index (χ3n) is 5.07. The Bertz CT molecular complexity index is 1100. The van der Waals surface area contributed by atoms with Crippen molar-refractivity contribution in [2.24, 2.45) is 0 Å². The molecule has 4 rings (SSSR count). The highest BCUT2D eigenvalue weighted by Crippen LogP contribution is 2.36. The predicted octanol–water partition coefficient (Wildman–Crippen LogP) is 5.54. The number of aliphatic carboxylic acids is 1. The lowest BCUT2D eigenvalue weighted by atomic mass is 9.91. The van der Waals surface area contributed by atoms with Crippen LogP contribution in [0.25, 0.3) is 22.0 Å². The monoisotopic (exact) mass is 355 g/mol. The number of hydrogen-bond acceptors (Lipinski definition) is 1. The summed E-state index contributed by atoms with van der Waals surface area (Å²) in [6, 6.07) is 26.5. The quantitative estimate of drug-likeness (QED) is 0.510. The molecule has 0 aliphatic rings. The third kappa shape index (κ3) is 3.24. The van der Waals surface area contributed by atoms with Gasteiger partial charge in [0.25, 0.3) is 0 Å². The normalized spacial score (nSPS) is 12.2. The highest BCUT2D eigenvalue weighted by molar-refractivity contribution is 5.97. The third-order valence-corrected chi connectivity index (χ3v) is 5.07. The van der Waals surface area contributed by atoms with E-state index in [0.29, 0.717) is 0 Å². The number of carbonyl (C=O) groups is 1. The summed E-state index contributed by atoms with van der Waals surface area (Å²) in [5.74, 6) is -1.37. The lowest BCUT2D eigenvalue weighted by molar-refractivity contribution is -0.138. The number of benzene rings is 3. The van der Waals surface area contributed by atoms with E-state index in [2.05, 4.69) is 35.0 Å². The van der Waals surface area contributed by atoms with Crippen molar-refractivity contribution in [2.45, 2.75) is 19.4 Å². The molecule has 4 aromatic rings. The summed E-state index contributed by atoms with van der Waals surface area (Å²) in [6.45, 7) is 2.52. The Hall–Kier alpha value is -3.33. The van der Waals surface area contributed by atoms with Gasteiger partial charge >= 0.3 is 5.97 Å². The van der Waals surface area contributed by atoms with Crippen LogP contribution in [0.5, 0.6) is 0 Å². The summed E-state index contributed by atoms with van der Waals surface area (Å²) in [7, 11) is 0. The summed E-state index contributed by atoms with van der Waals surface area (Å²) in [4.78, 5) is 11.6. The van der Waals surface area contributed by atoms with Gasteiger partial charge in [0, 0.05) is 29.2 Å². The van der Waals surface area contributed by atoms with Crippen LogP contribution < -0.4 is 0 Å². The first-order chi connectivity index (χ1) is 13.1. The molecule has 0 spiro atoms. The van der Waals surface area contributed by atoms with Crippen LogP contribution in [0.4, 0.5) is 0 Å². The average molecular weight is 355 g/mol. The average Bonchev–Trinajstić information content (AvgIpc) is 3.06. The molecule has 1 aromatic heterocycles. The zero-order valence-electron chi connectivity index (χ0n) is 15.2. The van der Waals surface area contributed by atoms with Crippen LogP contribution in [0.15, 0.2) is 85.1 Å². The second kappa shape index (κ2) is 7.12. The number of hydrogen-bond donors (Lipinski definition) is 1. The molecule has 0 bridgehead atoms. The van der Waals surface area contributed by atoms with Gasteiger partial charge in [0.2, 0.25) is 0 Å². The number of carboxylic acids is 1. The van der Waals surface area contributed by atoms with Crippen molar-refractivity contribution >= 4 is 16.9 Å². The number of para-hydroxylation sites is 1. The topological polar surface area (TPSA) is 42.2 Å². The minimum Gasteiger partial charge on any atom is -0.481 e. The van der Waals surface area contributed by atoms with E-state index in [1.165, 1.54) is 5.56 Å². The highest BCUT2D eigenvalue weighted by Gasteiger charge is 2.20. The van der Waals surface area contributed by atoms with Crippen molar-refractivity contribution in [3.05, 3.63) is 96.2 Å². The van der Waals surface area contributed by atoms with E-state index >= 15 is 0 Å². The summed E-state index contributed by atoms with van der Waals surface area (Å²) in [5.41, 5.74) is 5.28. The van der Waals surface area contributed by atoms with Crippen molar-refractivity contribution in [1.29, 1.82) is 0 Å².